The second-order valence-electron chi connectivity index (χ2n) is 4.12. The van der Waals surface area contributed by atoms with Crippen LogP contribution in [-0.4, -0.2) is 18.8 Å². The third-order valence-electron chi connectivity index (χ3n) is 2.92. The Morgan fingerprint density at radius 2 is 2.18 bits per heavy atom. The minimum Gasteiger partial charge on any atom is -0.496 e. The van der Waals surface area contributed by atoms with E-state index in [0.29, 0.717) is 17.3 Å². The molecule has 1 rings (SSSR count). The van der Waals surface area contributed by atoms with Crippen molar-refractivity contribution >= 4 is 11.6 Å². The molecule has 0 aliphatic carbocycles. The van der Waals surface area contributed by atoms with Crippen molar-refractivity contribution in [1.82, 2.24) is 0 Å². The van der Waals surface area contributed by atoms with Gasteiger partial charge in [-0.15, -0.1) is 0 Å². The number of benzene rings is 1. The topological polar surface area (TPSA) is 55.5 Å². The van der Waals surface area contributed by atoms with Crippen molar-refractivity contribution in [2.24, 2.45) is 11.7 Å². The number of rotatable bonds is 6. The largest absolute Gasteiger partial charge is 0.496 e. The lowest BCUT2D eigenvalue weighted by molar-refractivity contribution is 0.104. The molecule has 0 aromatic heterocycles. The van der Waals surface area contributed by atoms with E-state index >= 15 is 0 Å². The van der Waals surface area contributed by atoms with Crippen molar-refractivity contribution in [3.8, 4) is 5.75 Å². The van der Waals surface area contributed by atoms with Gasteiger partial charge in [-0.3, -0.25) is 0 Å². The van der Waals surface area contributed by atoms with Gasteiger partial charge in [0.2, 0.25) is 0 Å². The average molecular weight is 258 g/mol. The van der Waals surface area contributed by atoms with E-state index in [1.54, 1.807) is 25.3 Å². The van der Waals surface area contributed by atoms with Crippen LogP contribution in [0.5, 0.6) is 5.75 Å². The van der Waals surface area contributed by atoms with Crippen LogP contribution in [0.3, 0.4) is 0 Å². The van der Waals surface area contributed by atoms with E-state index in [4.69, 9.17) is 22.1 Å². The minimum atomic E-state index is -0.604. The van der Waals surface area contributed by atoms with Crippen molar-refractivity contribution in [3.05, 3.63) is 28.8 Å². The Morgan fingerprint density at radius 1 is 1.47 bits per heavy atom. The molecule has 3 nitrogen and oxygen atoms in total. The lowest BCUT2D eigenvalue weighted by atomic mass is 9.91. The van der Waals surface area contributed by atoms with E-state index in [0.717, 1.165) is 18.4 Å². The fourth-order valence-electron chi connectivity index (χ4n) is 1.96. The molecular weight excluding hydrogens is 238 g/mol. The number of halogens is 1. The first-order valence-electron chi connectivity index (χ1n) is 5.85. The Hall–Kier alpha value is -0.770. The highest BCUT2D eigenvalue weighted by molar-refractivity contribution is 6.30. The summed E-state index contributed by atoms with van der Waals surface area (Å²) in [5.74, 6) is 0.662. The smallest absolute Gasteiger partial charge is 0.126 e. The molecule has 0 bridgehead atoms. The molecule has 0 fully saturated rings. The first-order valence-corrected chi connectivity index (χ1v) is 6.23. The highest BCUT2D eigenvalue weighted by atomic mass is 35.5. The Bertz CT molecular complexity index is 357. The van der Waals surface area contributed by atoms with Gasteiger partial charge in [0.05, 0.1) is 13.2 Å². The van der Waals surface area contributed by atoms with E-state index in [9.17, 15) is 5.11 Å². The van der Waals surface area contributed by atoms with Gasteiger partial charge in [0.25, 0.3) is 0 Å². The highest BCUT2D eigenvalue weighted by Gasteiger charge is 2.22. The lowest BCUT2D eigenvalue weighted by Crippen LogP contribution is -2.22. The minimum absolute atomic E-state index is 0.0510. The molecule has 0 amide bonds. The van der Waals surface area contributed by atoms with Crippen LogP contribution in [0.1, 0.15) is 31.4 Å². The van der Waals surface area contributed by atoms with Gasteiger partial charge in [-0.1, -0.05) is 31.0 Å². The van der Waals surface area contributed by atoms with Crippen LogP contribution in [0.4, 0.5) is 0 Å². The van der Waals surface area contributed by atoms with Crippen LogP contribution < -0.4 is 10.5 Å². The second-order valence-corrected chi connectivity index (χ2v) is 4.55. The molecule has 17 heavy (non-hydrogen) atoms. The average Bonchev–Trinajstić information content (AvgIpc) is 2.34. The summed E-state index contributed by atoms with van der Waals surface area (Å²) in [6, 6.07) is 5.26. The fourth-order valence-corrected chi connectivity index (χ4v) is 2.12. The molecule has 2 unspecified atom stereocenters. The molecule has 1 aromatic rings. The Kier molecular flexibility index (Phi) is 5.75. The van der Waals surface area contributed by atoms with Crippen LogP contribution in [0.2, 0.25) is 5.02 Å². The van der Waals surface area contributed by atoms with Gasteiger partial charge in [-0.2, -0.15) is 0 Å². The van der Waals surface area contributed by atoms with Gasteiger partial charge in [-0.25, -0.2) is 0 Å². The predicted molar refractivity (Wildman–Crippen MR) is 70.4 cm³/mol. The van der Waals surface area contributed by atoms with Gasteiger partial charge in [0.1, 0.15) is 5.75 Å². The predicted octanol–water partition coefficient (Wildman–Crippen LogP) is 2.76. The highest BCUT2D eigenvalue weighted by Crippen LogP contribution is 2.33. The van der Waals surface area contributed by atoms with E-state index in [-0.39, 0.29) is 5.92 Å². The quantitative estimate of drug-likeness (QED) is 0.824. The number of aliphatic hydroxyl groups is 1. The molecule has 2 atom stereocenters. The summed E-state index contributed by atoms with van der Waals surface area (Å²) >= 11 is 5.89. The maximum Gasteiger partial charge on any atom is 0.126 e. The van der Waals surface area contributed by atoms with E-state index < -0.39 is 6.10 Å². The monoisotopic (exact) mass is 257 g/mol. The molecule has 0 spiro atoms. The summed E-state index contributed by atoms with van der Waals surface area (Å²) < 4.78 is 5.23. The van der Waals surface area contributed by atoms with Crippen molar-refractivity contribution in [2.45, 2.75) is 25.9 Å². The molecule has 0 saturated carbocycles. The van der Waals surface area contributed by atoms with Crippen LogP contribution in [-0.2, 0) is 0 Å². The van der Waals surface area contributed by atoms with Crippen molar-refractivity contribution in [3.63, 3.8) is 0 Å². The van der Waals surface area contributed by atoms with E-state index in [2.05, 4.69) is 6.92 Å². The first-order chi connectivity index (χ1) is 8.13. The summed E-state index contributed by atoms with van der Waals surface area (Å²) in [5, 5.41) is 10.9. The maximum atomic E-state index is 10.3. The third-order valence-corrected chi connectivity index (χ3v) is 3.16. The number of nitrogens with two attached hydrogens (primary N) is 1. The Labute approximate surface area is 108 Å². The summed E-state index contributed by atoms with van der Waals surface area (Å²) in [7, 11) is 1.57. The van der Waals surface area contributed by atoms with Gasteiger partial charge in [0.15, 0.2) is 0 Å². The normalized spacial score (nSPS) is 14.4. The molecule has 1 aromatic carbocycles. The van der Waals surface area contributed by atoms with Crippen molar-refractivity contribution in [2.75, 3.05) is 13.7 Å². The van der Waals surface area contributed by atoms with Crippen LogP contribution in [0.15, 0.2) is 18.2 Å². The third kappa shape index (κ3) is 3.60. The summed E-state index contributed by atoms with van der Waals surface area (Å²) in [6.45, 7) is 2.54. The maximum absolute atomic E-state index is 10.3. The molecule has 0 aliphatic rings. The molecule has 4 heteroatoms. The molecule has 3 N–H and O–H groups in total. The fraction of sp³-hybridized carbons (Fsp3) is 0.538. The molecular formula is C13H20ClNO2. The number of aliphatic hydroxyl groups excluding tert-OH is 1. The van der Waals surface area contributed by atoms with Crippen molar-refractivity contribution in [1.29, 1.82) is 0 Å². The Morgan fingerprint density at radius 3 is 2.71 bits per heavy atom. The summed E-state index contributed by atoms with van der Waals surface area (Å²) in [4.78, 5) is 0. The standard InChI is InChI=1S/C13H20ClNO2/c1-3-4-9(8-15)13(16)11-6-5-10(14)7-12(11)17-2/h5-7,9,13,16H,3-4,8,15H2,1-2H3. The lowest BCUT2D eigenvalue weighted by Gasteiger charge is -2.23. The van der Waals surface area contributed by atoms with Crippen LogP contribution in [0, 0.1) is 5.92 Å². The Balaban J connectivity index is 2.97. The zero-order valence-corrected chi connectivity index (χ0v) is 11.1. The van der Waals surface area contributed by atoms with E-state index in [1.807, 2.05) is 0 Å². The van der Waals surface area contributed by atoms with Gasteiger partial charge in [-0.05, 0) is 25.1 Å². The zero-order chi connectivity index (χ0) is 12.8. The number of ether oxygens (including phenoxy) is 1. The van der Waals surface area contributed by atoms with E-state index in [1.165, 1.54) is 0 Å². The van der Waals surface area contributed by atoms with Gasteiger partial charge < -0.3 is 15.6 Å². The molecule has 0 radical (unpaired) electrons. The first kappa shape index (κ1) is 14.3. The molecule has 0 saturated heterocycles. The molecule has 96 valence electrons. The summed E-state index contributed by atoms with van der Waals surface area (Å²) in [5.41, 5.74) is 6.44. The molecule has 0 aliphatic heterocycles. The number of methoxy groups -OCH3 is 1. The van der Waals surface area contributed by atoms with Gasteiger partial charge in [0, 0.05) is 16.5 Å². The second kappa shape index (κ2) is 6.84. The SMILES string of the molecule is CCCC(CN)C(O)c1ccc(Cl)cc1OC. The molecule has 0 heterocycles. The van der Waals surface area contributed by atoms with Crippen LogP contribution in [0.25, 0.3) is 0 Å². The number of hydrogen-bond donors (Lipinski definition) is 2. The van der Waals surface area contributed by atoms with Crippen molar-refractivity contribution < 1.29 is 9.84 Å². The van der Waals surface area contributed by atoms with Gasteiger partial charge >= 0.3 is 0 Å². The number of hydrogen-bond acceptors (Lipinski definition) is 3. The summed E-state index contributed by atoms with van der Waals surface area (Å²) in [6.07, 6.45) is 1.28. The van der Waals surface area contributed by atoms with Crippen LogP contribution >= 0.6 is 11.6 Å². The zero-order valence-electron chi connectivity index (χ0n) is 10.3.